The van der Waals surface area contributed by atoms with Crippen molar-refractivity contribution in [3.05, 3.63) is 46.6 Å². The maximum atomic E-state index is 8.85. The van der Waals surface area contributed by atoms with E-state index in [4.69, 9.17) is 22.4 Å². The molecule has 0 saturated heterocycles. The van der Waals surface area contributed by atoms with Gasteiger partial charge in [0.1, 0.15) is 5.82 Å². The van der Waals surface area contributed by atoms with Crippen molar-refractivity contribution in [1.29, 1.82) is 0 Å². The normalized spacial score (nSPS) is 10.7. The SMILES string of the molecule is Nc1cc(Cc2cccc(Cl)c2)nn1CCO. The second-order valence-electron chi connectivity index (χ2n) is 3.81. The van der Waals surface area contributed by atoms with Crippen molar-refractivity contribution in [1.82, 2.24) is 9.78 Å². The minimum atomic E-state index is 0.0302. The molecule has 0 atom stereocenters. The number of halogens is 1. The van der Waals surface area contributed by atoms with Gasteiger partial charge in [-0.15, -0.1) is 0 Å². The lowest BCUT2D eigenvalue weighted by molar-refractivity contribution is 0.270. The van der Waals surface area contributed by atoms with Crippen LogP contribution in [0.3, 0.4) is 0 Å². The summed E-state index contributed by atoms with van der Waals surface area (Å²) in [4.78, 5) is 0. The van der Waals surface area contributed by atoms with E-state index in [-0.39, 0.29) is 6.61 Å². The number of aliphatic hydroxyl groups excluding tert-OH is 1. The van der Waals surface area contributed by atoms with E-state index >= 15 is 0 Å². The Balaban J connectivity index is 2.16. The van der Waals surface area contributed by atoms with E-state index in [1.807, 2.05) is 30.3 Å². The van der Waals surface area contributed by atoms with Gasteiger partial charge in [0.15, 0.2) is 0 Å². The Kier molecular flexibility index (Phi) is 3.66. The Morgan fingerprint density at radius 2 is 2.18 bits per heavy atom. The van der Waals surface area contributed by atoms with E-state index in [0.29, 0.717) is 23.8 Å². The van der Waals surface area contributed by atoms with Gasteiger partial charge in [-0.2, -0.15) is 5.10 Å². The highest BCUT2D eigenvalue weighted by atomic mass is 35.5. The molecule has 2 rings (SSSR count). The molecular weight excluding hydrogens is 238 g/mol. The molecule has 0 fully saturated rings. The fraction of sp³-hybridized carbons (Fsp3) is 0.250. The molecule has 3 N–H and O–H groups in total. The number of nitrogens with zero attached hydrogens (tertiary/aromatic N) is 2. The van der Waals surface area contributed by atoms with Gasteiger partial charge in [-0.1, -0.05) is 23.7 Å². The van der Waals surface area contributed by atoms with Gasteiger partial charge in [0, 0.05) is 17.5 Å². The third kappa shape index (κ3) is 2.99. The van der Waals surface area contributed by atoms with Gasteiger partial charge in [0.05, 0.1) is 18.8 Å². The van der Waals surface area contributed by atoms with Crippen LogP contribution in [-0.2, 0) is 13.0 Å². The molecule has 0 aliphatic heterocycles. The summed E-state index contributed by atoms with van der Waals surface area (Å²) in [7, 11) is 0. The molecule has 4 nitrogen and oxygen atoms in total. The number of hydrogen-bond donors (Lipinski definition) is 2. The van der Waals surface area contributed by atoms with Crippen LogP contribution in [0.2, 0.25) is 5.02 Å². The van der Waals surface area contributed by atoms with Crippen LogP contribution in [0, 0.1) is 0 Å². The fourth-order valence-corrected chi connectivity index (χ4v) is 1.92. The number of rotatable bonds is 4. The van der Waals surface area contributed by atoms with Crippen LogP contribution in [0.15, 0.2) is 30.3 Å². The summed E-state index contributed by atoms with van der Waals surface area (Å²) < 4.78 is 1.60. The highest BCUT2D eigenvalue weighted by Crippen LogP contribution is 2.15. The Bertz CT molecular complexity index is 510. The lowest BCUT2D eigenvalue weighted by atomic mass is 10.1. The first kappa shape index (κ1) is 12.0. The average Bonchev–Trinajstić information content (AvgIpc) is 2.60. The lowest BCUT2D eigenvalue weighted by Gasteiger charge is -2.00. The molecule has 0 radical (unpaired) electrons. The lowest BCUT2D eigenvalue weighted by Crippen LogP contribution is -2.07. The van der Waals surface area contributed by atoms with Gasteiger partial charge in [-0.3, -0.25) is 0 Å². The number of anilines is 1. The molecule has 0 amide bonds. The molecule has 2 aromatic rings. The minimum absolute atomic E-state index is 0.0302. The van der Waals surface area contributed by atoms with Gasteiger partial charge < -0.3 is 10.8 Å². The summed E-state index contributed by atoms with van der Waals surface area (Å²) in [6.45, 7) is 0.448. The molecule has 1 heterocycles. The van der Waals surface area contributed by atoms with E-state index in [2.05, 4.69) is 5.10 Å². The van der Waals surface area contributed by atoms with Crippen molar-refractivity contribution in [3.8, 4) is 0 Å². The van der Waals surface area contributed by atoms with Gasteiger partial charge in [-0.25, -0.2) is 4.68 Å². The Morgan fingerprint density at radius 1 is 1.35 bits per heavy atom. The van der Waals surface area contributed by atoms with Gasteiger partial charge in [-0.05, 0) is 17.7 Å². The standard InChI is InChI=1S/C12H14ClN3O/c13-10-3-1-2-9(6-10)7-11-8-12(14)16(15-11)4-5-17/h1-3,6,8,17H,4-5,7,14H2. The highest BCUT2D eigenvalue weighted by molar-refractivity contribution is 6.30. The predicted molar refractivity (Wildman–Crippen MR) is 68.0 cm³/mol. The number of nitrogens with two attached hydrogens (primary N) is 1. The van der Waals surface area contributed by atoms with Gasteiger partial charge in [0.25, 0.3) is 0 Å². The van der Waals surface area contributed by atoms with E-state index in [9.17, 15) is 0 Å². The summed E-state index contributed by atoms with van der Waals surface area (Å²) in [5.74, 6) is 0.566. The van der Waals surface area contributed by atoms with Crippen molar-refractivity contribution in [2.24, 2.45) is 0 Å². The molecule has 5 heteroatoms. The molecule has 0 bridgehead atoms. The van der Waals surface area contributed by atoms with E-state index in [1.54, 1.807) is 4.68 Å². The smallest absolute Gasteiger partial charge is 0.122 e. The van der Waals surface area contributed by atoms with E-state index < -0.39 is 0 Å². The van der Waals surface area contributed by atoms with E-state index in [0.717, 1.165) is 11.3 Å². The zero-order chi connectivity index (χ0) is 12.3. The zero-order valence-corrected chi connectivity index (χ0v) is 10.1. The maximum Gasteiger partial charge on any atom is 0.122 e. The van der Waals surface area contributed by atoms with Crippen LogP contribution >= 0.6 is 11.6 Å². The number of hydrogen-bond acceptors (Lipinski definition) is 3. The molecule has 0 spiro atoms. The van der Waals surface area contributed by atoms with Crippen LogP contribution in [0.1, 0.15) is 11.3 Å². The van der Waals surface area contributed by atoms with Gasteiger partial charge >= 0.3 is 0 Å². The average molecular weight is 252 g/mol. The molecule has 0 aliphatic carbocycles. The molecular formula is C12H14ClN3O. The Hall–Kier alpha value is -1.52. The molecule has 0 aliphatic rings. The van der Waals surface area contributed by atoms with Gasteiger partial charge in [0.2, 0.25) is 0 Å². The minimum Gasteiger partial charge on any atom is -0.394 e. The van der Waals surface area contributed by atoms with Crippen LogP contribution in [0.4, 0.5) is 5.82 Å². The Labute approximate surface area is 105 Å². The van der Waals surface area contributed by atoms with Crippen LogP contribution < -0.4 is 5.73 Å². The summed E-state index contributed by atoms with van der Waals surface area (Å²) in [6, 6.07) is 9.46. The van der Waals surface area contributed by atoms with Crippen LogP contribution in [-0.4, -0.2) is 21.5 Å². The van der Waals surface area contributed by atoms with E-state index in [1.165, 1.54) is 0 Å². The summed E-state index contributed by atoms with van der Waals surface area (Å²) in [5.41, 5.74) is 7.74. The molecule has 1 aromatic heterocycles. The summed E-state index contributed by atoms with van der Waals surface area (Å²) in [6.07, 6.45) is 0.684. The third-order valence-electron chi connectivity index (χ3n) is 2.45. The first-order valence-corrected chi connectivity index (χ1v) is 5.74. The fourth-order valence-electron chi connectivity index (χ4n) is 1.70. The topological polar surface area (TPSA) is 64.1 Å². The predicted octanol–water partition coefficient (Wildman–Crippen LogP) is 1.70. The molecule has 0 saturated carbocycles. The second kappa shape index (κ2) is 5.21. The molecule has 0 unspecified atom stereocenters. The zero-order valence-electron chi connectivity index (χ0n) is 9.31. The van der Waals surface area contributed by atoms with Crippen molar-refractivity contribution >= 4 is 17.4 Å². The maximum absolute atomic E-state index is 8.85. The first-order chi connectivity index (χ1) is 8.19. The van der Waals surface area contributed by atoms with Crippen LogP contribution in [0.25, 0.3) is 0 Å². The Morgan fingerprint density at radius 3 is 2.88 bits per heavy atom. The molecule has 1 aromatic carbocycles. The number of benzene rings is 1. The number of nitrogen functional groups attached to an aromatic ring is 1. The summed E-state index contributed by atoms with van der Waals surface area (Å²) >= 11 is 5.91. The number of aliphatic hydroxyl groups is 1. The molecule has 17 heavy (non-hydrogen) atoms. The van der Waals surface area contributed by atoms with Crippen molar-refractivity contribution in [2.45, 2.75) is 13.0 Å². The largest absolute Gasteiger partial charge is 0.394 e. The summed E-state index contributed by atoms with van der Waals surface area (Å²) in [5, 5.41) is 13.9. The number of aromatic nitrogens is 2. The quantitative estimate of drug-likeness (QED) is 0.869. The van der Waals surface area contributed by atoms with Crippen molar-refractivity contribution in [2.75, 3.05) is 12.3 Å². The van der Waals surface area contributed by atoms with Crippen molar-refractivity contribution < 1.29 is 5.11 Å². The second-order valence-corrected chi connectivity index (χ2v) is 4.25. The van der Waals surface area contributed by atoms with Crippen LogP contribution in [0.5, 0.6) is 0 Å². The van der Waals surface area contributed by atoms with Crippen molar-refractivity contribution in [3.63, 3.8) is 0 Å². The molecule has 90 valence electrons. The highest BCUT2D eigenvalue weighted by Gasteiger charge is 2.05. The first-order valence-electron chi connectivity index (χ1n) is 5.36. The third-order valence-corrected chi connectivity index (χ3v) is 2.68. The monoisotopic (exact) mass is 251 g/mol.